The predicted molar refractivity (Wildman–Crippen MR) is 71.8 cm³/mol. The number of hydrogen-bond donors (Lipinski definition) is 2. The first kappa shape index (κ1) is 14.3. The number of carbonyl (C=O) groups is 2. The van der Waals surface area contributed by atoms with E-state index >= 15 is 0 Å². The van der Waals surface area contributed by atoms with Crippen molar-refractivity contribution in [2.75, 3.05) is 26.2 Å². The minimum Gasteiger partial charge on any atom is -0.481 e. The lowest BCUT2D eigenvalue weighted by atomic mass is 9.77. The van der Waals surface area contributed by atoms with Gasteiger partial charge in [-0.1, -0.05) is 0 Å². The summed E-state index contributed by atoms with van der Waals surface area (Å²) in [4.78, 5) is 24.4. The molecule has 0 radical (unpaired) electrons. The monoisotopic (exact) mass is 268 g/mol. The van der Waals surface area contributed by atoms with Crippen LogP contribution in [0.25, 0.3) is 0 Å². The SMILES string of the molecule is O=C(O)CCCC(=O)NCCC1CN2CCC1CC2. The number of aliphatic carboxylic acids is 1. The molecular formula is C14H24N2O3. The number of amides is 1. The van der Waals surface area contributed by atoms with E-state index in [0.717, 1.165) is 24.8 Å². The molecule has 3 aliphatic rings. The van der Waals surface area contributed by atoms with Crippen LogP contribution in [0, 0.1) is 11.8 Å². The van der Waals surface area contributed by atoms with Gasteiger partial charge in [-0.3, -0.25) is 9.59 Å². The summed E-state index contributed by atoms with van der Waals surface area (Å²) in [6.45, 7) is 4.44. The fraction of sp³-hybridized carbons (Fsp3) is 0.857. The van der Waals surface area contributed by atoms with E-state index in [9.17, 15) is 9.59 Å². The molecular weight excluding hydrogens is 244 g/mol. The van der Waals surface area contributed by atoms with Crippen LogP contribution in [0.1, 0.15) is 38.5 Å². The second-order valence-corrected chi connectivity index (χ2v) is 5.78. The minimum absolute atomic E-state index is 0.0116. The van der Waals surface area contributed by atoms with E-state index in [-0.39, 0.29) is 12.3 Å². The quantitative estimate of drug-likeness (QED) is 0.725. The van der Waals surface area contributed by atoms with Crippen LogP contribution in [0.5, 0.6) is 0 Å². The topological polar surface area (TPSA) is 69.6 Å². The Bertz CT molecular complexity index is 325. The fourth-order valence-electron chi connectivity index (χ4n) is 3.30. The molecule has 0 aliphatic carbocycles. The van der Waals surface area contributed by atoms with E-state index < -0.39 is 5.97 Å². The largest absolute Gasteiger partial charge is 0.481 e. The third kappa shape index (κ3) is 4.49. The van der Waals surface area contributed by atoms with E-state index in [1.807, 2.05) is 0 Å². The maximum atomic E-state index is 11.5. The van der Waals surface area contributed by atoms with Crippen molar-refractivity contribution in [2.45, 2.75) is 38.5 Å². The van der Waals surface area contributed by atoms with Gasteiger partial charge in [0.1, 0.15) is 0 Å². The zero-order chi connectivity index (χ0) is 13.7. The molecule has 1 atom stereocenters. The van der Waals surface area contributed by atoms with E-state index in [1.54, 1.807) is 0 Å². The van der Waals surface area contributed by atoms with Crippen LogP contribution in [0.2, 0.25) is 0 Å². The van der Waals surface area contributed by atoms with Crippen molar-refractivity contribution in [3.8, 4) is 0 Å². The highest BCUT2D eigenvalue weighted by Gasteiger charge is 2.33. The lowest BCUT2D eigenvalue weighted by Crippen LogP contribution is -2.48. The Morgan fingerprint density at radius 3 is 2.53 bits per heavy atom. The highest BCUT2D eigenvalue weighted by atomic mass is 16.4. The first-order valence-corrected chi connectivity index (χ1v) is 7.36. The molecule has 1 amide bonds. The molecule has 0 aromatic heterocycles. The van der Waals surface area contributed by atoms with Gasteiger partial charge in [-0.15, -0.1) is 0 Å². The second kappa shape index (κ2) is 6.89. The lowest BCUT2D eigenvalue weighted by molar-refractivity contribution is -0.137. The van der Waals surface area contributed by atoms with Crippen LogP contribution >= 0.6 is 0 Å². The standard InChI is InChI=1S/C14H24N2O3/c17-13(2-1-3-14(18)19)15-7-4-12-10-16-8-5-11(12)6-9-16/h11-12H,1-10H2,(H,15,17)(H,18,19). The highest BCUT2D eigenvalue weighted by molar-refractivity contribution is 5.76. The van der Waals surface area contributed by atoms with Gasteiger partial charge in [0.15, 0.2) is 0 Å². The number of hydrogen-bond acceptors (Lipinski definition) is 3. The predicted octanol–water partition coefficient (Wildman–Crippen LogP) is 1.09. The molecule has 0 aromatic rings. The summed E-state index contributed by atoms with van der Waals surface area (Å²) in [6.07, 6.45) is 4.53. The summed E-state index contributed by atoms with van der Waals surface area (Å²) in [7, 11) is 0. The molecule has 108 valence electrons. The van der Waals surface area contributed by atoms with Crippen LogP contribution in [-0.2, 0) is 9.59 Å². The van der Waals surface area contributed by atoms with Crippen molar-refractivity contribution in [3.63, 3.8) is 0 Å². The molecule has 3 heterocycles. The zero-order valence-corrected chi connectivity index (χ0v) is 11.4. The first-order valence-electron chi connectivity index (χ1n) is 7.36. The summed E-state index contributed by atoms with van der Waals surface area (Å²) in [5.41, 5.74) is 0. The molecule has 3 fully saturated rings. The lowest BCUT2D eigenvalue weighted by Gasteiger charge is -2.45. The van der Waals surface area contributed by atoms with Crippen molar-refractivity contribution in [1.29, 1.82) is 0 Å². The molecule has 5 heteroatoms. The fourth-order valence-corrected chi connectivity index (χ4v) is 3.30. The summed E-state index contributed by atoms with van der Waals surface area (Å²) >= 11 is 0. The van der Waals surface area contributed by atoms with Gasteiger partial charge < -0.3 is 15.3 Å². The van der Waals surface area contributed by atoms with Crippen LogP contribution in [0.3, 0.4) is 0 Å². The van der Waals surface area contributed by atoms with Crippen molar-refractivity contribution in [1.82, 2.24) is 10.2 Å². The van der Waals surface area contributed by atoms with Crippen LogP contribution in [0.15, 0.2) is 0 Å². The second-order valence-electron chi connectivity index (χ2n) is 5.78. The van der Waals surface area contributed by atoms with Crippen LogP contribution < -0.4 is 5.32 Å². The number of nitrogens with one attached hydrogen (secondary N) is 1. The Morgan fingerprint density at radius 1 is 1.21 bits per heavy atom. The van der Waals surface area contributed by atoms with Crippen LogP contribution in [-0.4, -0.2) is 48.1 Å². The average Bonchev–Trinajstić information content (AvgIpc) is 2.39. The Balaban J connectivity index is 1.56. The summed E-state index contributed by atoms with van der Waals surface area (Å²) in [6, 6.07) is 0. The first-order chi connectivity index (χ1) is 9.15. The molecule has 3 saturated heterocycles. The van der Waals surface area contributed by atoms with Crippen molar-refractivity contribution in [3.05, 3.63) is 0 Å². The molecule has 5 nitrogen and oxygen atoms in total. The number of rotatable bonds is 7. The molecule has 0 aromatic carbocycles. The van der Waals surface area contributed by atoms with Gasteiger partial charge in [0.05, 0.1) is 0 Å². The number of nitrogens with zero attached hydrogens (tertiary/aromatic N) is 1. The Hall–Kier alpha value is -1.10. The normalized spacial score (nSPS) is 29.2. The Morgan fingerprint density at radius 2 is 1.95 bits per heavy atom. The molecule has 2 N–H and O–H groups in total. The molecule has 3 rings (SSSR count). The smallest absolute Gasteiger partial charge is 0.303 e. The highest BCUT2D eigenvalue weighted by Crippen LogP contribution is 2.33. The van der Waals surface area contributed by atoms with E-state index in [1.165, 1.54) is 32.5 Å². The maximum Gasteiger partial charge on any atom is 0.303 e. The summed E-state index contributed by atoms with van der Waals surface area (Å²) in [5, 5.41) is 11.4. The molecule has 0 saturated carbocycles. The van der Waals surface area contributed by atoms with Gasteiger partial charge in [-0.2, -0.15) is 0 Å². The summed E-state index contributed by atoms with van der Waals surface area (Å²) < 4.78 is 0. The zero-order valence-electron chi connectivity index (χ0n) is 11.4. The Labute approximate surface area is 114 Å². The van der Waals surface area contributed by atoms with E-state index in [0.29, 0.717) is 12.8 Å². The molecule has 3 aliphatic heterocycles. The molecule has 2 bridgehead atoms. The number of piperidine rings is 3. The molecule has 1 unspecified atom stereocenters. The van der Waals surface area contributed by atoms with E-state index in [2.05, 4.69) is 10.2 Å². The summed E-state index contributed by atoms with van der Waals surface area (Å²) in [5.74, 6) is 0.748. The van der Waals surface area contributed by atoms with Gasteiger partial charge in [0.25, 0.3) is 0 Å². The molecule has 0 spiro atoms. The number of carboxylic acid groups (broad SMARTS) is 1. The van der Waals surface area contributed by atoms with Crippen molar-refractivity contribution < 1.29 is 14.7 Å². The van der Waals surface area contributed by atoms with Gasteiger partial charge in [0.2, 0.25) is 5.91 Å². The average molecular weight is 268 g/mol. The molecule has 19 heavy (non-hydrogen) atoms. The van der Waals surface area contributed by atoms with Gasteiger partial charge >= 0.3 is 5.97 Å². The van der Waals surface area contributed by atoms with Gasteiger partial charge in [0, 0.05) is 25.9 Å². The maximum absolute atomic E-state index is 11.5. The third-order valence-corrected chi connectivity index (χ3v) is 4.42. The number of carboxylic acids is 1. The van der Waals surface area contributed by atoms with E-state index in [4.69, 9.17) is 5.11 Å². The minimum atomic E-state index is -0.833. The van der Waals surface area contributed by atoms with Crippen molar-refractivity contribution >= 4 is 11.9 Å². The number of carbonyl (C=O) groups excluding carboxylic acids is 1. The van der Waals surface area contributed by atoms with Gasteiger partial charge in [-0.25, -0.2) is 0 Å². The van der Waals surface area contributed by atoms with Crippen molar-refractivity contribution in [2.24, 2.45) is 11.8 Å². The Kier molecular flexibility index (Phi) is 5.19. The third-order valence-electron chi connectivity index (χ3n) is 4.42. The van der Waals surface area contributed by atoms with Crippen LogP contribution in [0.4, 0.5) is 0 Å². The van der Waals surface area contributed by atoms with Gasteiger partial charge in [-0.05, 0) is 50.6 Å². The number of fused-ring (bicyclic) bond motifs is 3.